The molecule has 0 saturated heterocycles. The van der Waals surface area contributed by atoms with Gasteiger partial charge in [0.1, 0.15) is 0 Å². The Morgan fingerprint density at radius 2 is 0.700 bits per heavy atom. The lowest BCUT2D eigenvalue weighted by Crippen LogP contribution is -1.99. The first kappa shape index (κ1) is 27.1. The zero-order valence-corrected chi connectivity index (χ0v) is 17.2. The Morgan fingerprint density at radius 3 is 0.900 bits per heavy atom. The number of rotatable bonds is 15. The maximum Gasteiger partial charge on any atom is 0.335 e. The number of carboxylic acids is 4. The molecule has 0 bridgehead atoms. The summed E-state index contributed by atoms with van der Waals surface area (Å²) in [6, 6.07) is 5.02. The van der Waals surface area contributed by atoms with E-state index in [2.05, 4.69) is 0 Å². The quantitative estimate of drug-likeness (QED) is 0.290. The van der Waals surface area contributed by atoms with E-state index in [9.17, 15) is 19.2 Å². The van der Waals surface area contributed by atoms with Crippen molar-refractivity contribution in [2.75, 3.05) is 0 Å². The number of aromatic carboxylic acids is 2. The van der Waals surface area contributed by atoms with Crippen molar-refractivity contribution < 1.29 is 39.6 Å². The Morgan fingerprint density at radius 1 is 0.467 bits per heavy atom. The summed E-state index contributed by atoms with van der Waals surface area (Å²) in [7, 11) is 0. The van der Waals surface area contributed by atoms with E-state index in [1.807, 2.05) is 0 Å². The number of aliphatic carboxylic acids is 2. The van der Waals surface area contributed by atoms with Crippen molar-refractivity contribution >= 4 is 23.9 Å². The van der Waals surface area contributed by atoms with Crippen LogP contribution in [-0.4, -0.2) is 44.3 Å². The minimum absolute atomic E-state index is 0.0833. The normalized spacial score (nSPS) is 10.0. The summed E-state index contributed by atoms with van der Waals surface area (Å²) in [5, 5.41) is 33.8. The topological polar surface area (TPSA) is 149 Å². The Kier molecular flexibility index (Phi) is 15.4. The summed E-state index contributed by atoms with van der Waals surface area (Å²) in [5.74, 6) is -3.52. The molecule has 0 aliphatic heterocycles. The molecule has 0 aliphatic carbocycles. The molecule has 0 aromatic heterocycles. The van der Waals surface area contributed by atoms with Crippen molar-refractivity contribution in [1.82, 2.24) is 0 Å². The summed E-state index contributed by atoms with van der Waals surface area (Å²) >= 11 is 0. The number of benzene rings is 1. The van der Waals surface area contributed by atoms with Crippen molar-refractivity contribution in [1.29, 1.82) is 0 Å². The van der Waals surface area contributed by atoms with Gasteiger partial charge in [0.05, 0.1) is 11.1 Å². The van der Waals surface area contributed by atoms with Gasteiger partial charge in [0, 0.05) is 12.8 Å². The highest BCUT2D eigenvalue weighted by Gasteiger charge is 2.05. The summed E-state index contributed by atoms with van der Waals surface area (Å²) < 4.78 is 0. The van der Waals surface area contributed by atoms with Crippen LogP contribution in [0.2, 0.25) is 0 Å². The van der Waals surface area contributed by atoms with Crippen molar-refractivity contribution in [3.8, 4) is 0 Å². The fourth-order valence-electron chi connectivity index (χ4n) is 2.72. The third kappa shape index (κ3) is 16.1. The molecule has 0 heterocycles. The number of hydrogen-bond acceptors (Lipinski definition) is 4. The highest BCUT2D eigenvalue weighted by molar-refractivity contribution is 5.91. The van der Waals surface area contributed by atoms with Crippen molar-refractivity contribution in [3.05, 3.63) is 35.4 Å². The van der Waals surface area contributed by atoms with E-state index in [1.54, 1.807) is 0 Å². The van der Waals surface area contributed by atoms with Gasteiger partial charge >= 0.3 is 23.9 Å². The van der Waals surface area contributed by atoms with Crippen LogP contribution in [0.1, 0.15) is 97.8 Å². The molecular weight excluding hydrogens is 392 g/mol. The average Bonchev–Trinajstić information content (AvgIpc) is 2.69. The van der Waals surface area contributed by atoms with E-state index in [-0.39, 0.29) is 11.1 Å². The molecule has 0 aliphatic rings. The molecule has 0 atom stereocenters. The smallest absolute Gasteiger partial charge is 0.335 e. The third-order valence-corrected chi connectivity index (χ3v) is 4.41. The second-order valence-corrected chi connectivity index (χ2v) is 7.01. The van der Waals surface area contributed by atoms with Crippen LogP contribution in [0.3, 0.4) is 0 Å². The Bertz CT molecular complexity index is 595. The molecule has 0 saturated carbocycles. The van der Waals surface area contributed by atoms with Gasteiger partial charge in [-0.15, -0.1) is 0 Å². The second-order valence-electron chi connectivity index (χ2n) is 7.01. The molecular formula is C22H32O8. The summed E-state index contributed by atoms with van der Waals surface area (Å²) in [6.07, 6.45) is 11.3. The van der Waals surface area contributed by atoms with Crippen LogP contribution in [-0.2, 0) is 9.59 Å². The highest BCUT2D eigenvalue weighted by atomic mass is 16.4. The van der Waals surface area contributed by atoms with Crippen LogP contribution in [0.25, 0.3) is 0 Å². The molecule has 0 radical (unpaired) electrons. The predicted molar refractivity (Wildman–Crippen MR) is 111 cm³/mol. The van der Waals surface area contributed by atoms with E-state index in [4.69, 9.17) is 20.4 Å². The SMILES string of the molecule is O=C(O)CCCCCCCCCCCCC(=O)O.O=C(O)c1ccc(C(=O)O)cc1. The van der Waals surface area contributed by atoms with Crippen molar-refractivity contribution in [3.63, 3.8) is 0 Å². The average molecular weight is 424 g/mol. The molecule has 1 aromatic rings. The lowest BCUT2D eigenvalue weighted by molar-refractivity contribution is -0.138. The van der Waals surface area contributed by atoms with Gasteiger partial charge in [-0.3, -0.25) is 9.59 Å². The van der Waals surface area contributed by atoms with Crippen molar-refractivity contribution in [2.45, 2.75) is 77.0 Å². The number of carboxylic acid groups (broad SMARTS) is 4. The van der Waals surface area contributed by atoms with E-state index in [0.717, 1.165) is 38.5 Å². The predicted octanol–water partition coefficient (Wildman–Crippen LogP) is 4.92. The van der Waals surface area contributed by atoms with Crippen molar-refractivity contribution in [2.24, 2.45) is 0 Å². The van der Waals surface area contributed by atoms with Gasteiger partial charge in [-0.25, -0.2) is 9.59 Å². The lowest BCUT2D eigenvalue weighted by Gasteiger charge is -2.01. The van der Waals surface area contributed by atoms with Crippen LogP contribution >= 0.6 is 0 Å². The van der Waals surface area contributed by atoms with Gasteiger partial charge in [0.25, 0.3) is 0 Å². The Hall–Kier alpha value is -2.90. The first-order valence-corrected chi connectivity index (χ1v) is 10.2. The van der Waals surface area contributed by atoms with E-state index in [0.29, 0.717) is 12.8 Å². The molecule has 0 amide bonds. The molecule has 30 heavy (non-hydrogen) atoms. The van der Waals surface area contributed by atoms with Gasteiger partial charge in [-0.2, -0.15) is 0 Å². The van der Waals surface area contributed by atoms with Gasteiger partial charge < -0.3 is 20.4 Å². The fourth-order valence-corrected chi connectivity index (χ4v) is 2.72. The minimum Gasteiger partial charge on any atom is -0.481 e. The lowest BCUT2D eigenvalue weighted by atomic mass is 10.1. The minimum atomic E-state index is -1.06. The van der Waals surface area contributed by atoms with Crippen LogP contribution in [0.15, 0.2) is 24.3 Å². The molecule has 0 fully saturated rings. The number of carbonyl (C=O) groups is 4. The fraction of sp³-hybridized carbons (Fsp3) is 0.545. The van der Waals surface area contributed by atoms with E-state index in [1.165, 1.54) is 49.9 Å². The summed E-state index contributed by atoms with van der Waals surface area (Å²) in [5.41, 5.74) is 0.167. The standard InChI is InChI=1S/C14H26O4.C8H6O4/c15-13(16)11-9-7-5-3-1-2-4-6-8-10-12-14(17)18;9-7(10)5-1-2-6(4-3-5)8(11)12/h1-12H2,(H,15,16)(H,17,18);1-4H,(H,9,10)(H,11,12). The zero-order valence-electron chi connectivity index (χ0n) is 17.2. The highest BCUT2D eigenvalue weighted by Crippen LogP contribution is 2.12. The summed E-state index contributed by atoms with van der Waals surface area (Å²) in [6.45, 7) is 0. The molecule has 1 aromatic carbocycles. The molecule has 8 heteroatoms. The second kappa shape index (κ2) is 17.0. The van der Waals surface area contributed by atoms with Gasteiger partial charge in [0.15, 0.2) is 0 Å². The largest absolute Gasteiger partial charge is 0.481 e. The van der Waals surface area contributed by atoms with Crippen LogP contribution in [0, 0.1) is 0 Å². The first-order valence-electron chi connectivity index (χ1n) is 10.2. The maximum atomic E-state index is 10.3. The molecule has 0 unspecified atom stereocenters. The van der Waals surface area contributed by atoms with Gasteiger partial charge in [0.2, 0.25) is 0 Å². The van der Waals surface area contributed by atoms with E-state index >= 15 is 0 Å². The van der Waals surface area contributed by atoms with Crippen LogP contribution < -0.4 is 0 Å². The van der Waals surface area contributed by atoms with Gasteiger partial charge in [-0.1, -0.05) is 51.4 Å². The molecule has 1 rings (SSSR count). The van der Waals surface area contributed by atoms with Gasteiger partial charge in [-0.05, 0) is 37.1 Å². The molecule has 8 nitrogen and oxygen atoms in total. The van der Waals surface area contributed by atoms with E-state index < -0.39 is 23.9 Å². The van der Waals surface area contributed by atoms with Crippen LogP contribution in [0.4, 0.5) is 0 Å². The molecule has 0 spiro atoms. The van der Waals surface area contributed by atoms with Crippen LogP contribution in [0.5, 0.6) is 0 Å². The summed E-state index contributed by atoms with van der Waals surface area (Å²) in [4.78, 5) is 41.2. The zero-order chi connectivity index (χ0) is 22.8. The maximum absolute atomic E-state index is 10.3. The Balaban J connectivity index is 0.000000604. The first-order chi connectivity index (χ1) is 14.2. The molecule has 168 valence electrons. The number of hydrogen-bond donors (Lipinski definition) is 4. The molecule has 4 N–H and O–H groups in total. The Labute approximate surface area is 176 Å². The monoisotopic (exact) mass is 424 g/mol. The number of unbranched alkanes of at least 4 members (excludes halogenated alkanes) is 9. The third-order valence-electron chi connectivity index (χ3n) is 4.41.